The van der Waals surface area contributed by atoms with Gasteiger partial charge < -0.3 is 4.90 Å². The summed E-state index contributed by atoms with van der Waals surface area (Å²) in [7, 11) is -3.55. The molecule has 1 aliphatic heterocycles. The first-order valence-electron chi connectivity index (χ1n) is 9.24. The second kappa shape index (κ2) is 9.71. The van der Waals surface area contributed by atoms with Crippen LogP contribution < -0.4 is 4.72 Å². The van der Waals surface area contributed by atoms with E-state index in [4.69, 9.17) is 23.2 Å². The van der Waals surface area contributed by atoms with Crippen LogP contribution in [0.1, 0.15) is 19.8 Å². The summed E-state index contributed by atoms with van der Waals surface area (Å²) in [5, 5.41) is 0.819. The summed E-state index contributed by atoms with van der Waals surface area (Å²) in [6.45, 7) is 2.86. The van der Waals surface area contributed by atoms with Crippen LogP contribution in [0.2, 0.25) is 10.0 Å². The lowest BCUT2D eigenvalue weighted by Crippen LogP contribution is -2.48. The van der Waals surface area contributed by atoms with E-state index in [9.17, 15) is 13.2 Å². The van der Waals surface area contributed by atoms with Gasteiger partial charge in [-0.25, -0.2) is 13.1 Å². The van der Waals surface area contributed by atoms with E-state index in [0.717, 1.165) is 4.90 Å². The number of amides is 1. The van der Waals surface area contributed by atoms with Crippen molar-refractivity contribution in [2.24, 2.45) is 0 Å². The van der Waals surface area contributed by atoms with Crippen molar-refractivity contribution >= 4 is 50.9 Å². The van der Waals surface area contributed by atoms with Gasteiger partial charge in [-0.3, -0.25) is 4.79 Å². The molecular weight excluding hydrogens is 451 g/mol. The number of rotatable bonds is 6. The predicted molar refractivity (Wildman–Crippen MR) is 118 cm³/mol. The number of sulfonamides is 1. The van der Waals surface area contributed by atoms with E-state index >= 15 is 0 Å². The molecule has 0 spiro atoms. The van der Waals surface area contributed by atoms with Gasteiger partial charge in [0.25, 0.3) is 0 Å². The first kappa shape index (κ1) is 22.4. The third-order valence-electron chi connectivity index (χ3n) is 4.73. The number of benzene rings is 2. The summed E-state index contributed by atoms with van der Waals surface area (Å²) in [6, 6.07) is 13.3. The molecule has 156 valence electrons. The van der Waals surface area contributed by atoms with E-state index in [0.29, 0.717) is 36.0 Å². The zero-order valence-corrected chi connectivity index (χ0v) is 19.0. The van der Waals surface area contributed by atoms with Crippen LogP contribution in [0.5, 0.6) is 0 Å². The second-order valence-corrected chi connectivity index (χ2v) is 10.8. The Morgan fingerprint density at radius 1 is 1.14 bits per heavy atom. The Balaban J connectivity index is 1.54. The fraction of sp³-hybridized carbons (Fsp3) is 0.350. The van der Waals surface area contributed by atoms with Gasteiger partial charge in [-0.2, -0.15) is 0 Å². The van der Waals surface area contributed by atoms with Crippen LogP contribution in [-0.2, 0) is 14.8 Å². The molecule has 9 heteroatoms. The molecule has 0 radical (unpaired) electrons. The third-order valence-corrected chi connectivity index (χ3v) is 8.09. The van der Waals surface area contributed by atoms with E-state index in [1.807, 2.05) is 6.92 Å². The van der Waals surface area contributed by atoms with Gasteiger partial charge in [-0.1, -0.05) is 41.4 Å². The summed E-state index contributed by atoms with van der Waals surface area (Å²) in [5.74, 6) is 0.00964. The SMILES string of the molecule is CC(Sc1cc(Cl)ccc1Cl)C(=O)N1CCC(NS(=O)(=O)c2ccccc2)CC1. The topological polar surface area (TPSA) is 66.5 Å². The Morgan fingerprint density at radius 2 is 1.79 bits per heavy atom. The standard InChI is InChI=1S/C20H22Cl2N2O3S2/c1-14(28-19-13-15(21)7-8-18(19)22)20(25)24-11-9-16(10-12-24)23-29(26,27)17-5-3-2-4-6-17/h2-8,13-14,16,23H,9-12H2,1H3. The Morgan fingerprint density at radius 3 is 2.45 bits per heavy atom. The van der Waals surface area contributed by atoms with Crippen LogP contribution in [0, 0.1) is 0 Å². The molecule has 1 atom stereocenters. The normalized spacial score (nSPS) is 16.6. The van der Waals surface area contributed by atoms with Crippen molar-refractivity contribution in [1.29, 1.82) is 0 Å². The monoisotopic (exact) mass is 472 g/mol. The van der Waals surface area contributed by atoms with Crippen LogP contribution in [0.25, 0.3) is 0 Å². The molecule has 1 N–H and O–H groups in total. The number of thioether (sulfide) groups is 1. The quantitative estimate of drug-likeness (QED) is 0.630. The number of nitrogens with one attached hydrogen (secondary N) is 1. The number of halogens is 2. The van der Waals surface area contributed by atoms with Crippen LogP contribution in [-0.4, -0.2) is 43.6 Å². The van der Waals surface area contributed by atoms with Crippen LogP contribution in [0.15, 0.2) is 58.3 Å². The molecule has 1 fully saturated rings. The average Bonchev–Trinajstić information content (AvgIpc) is 2.71. The van der Waals surface area contributed by atoms with Crippen molar-refractivity contribution < 1.29 is 13.2 Å². The highest BCUT2D eigenvalue weighted by Crippen LogP contribution is 2.33. The first-order chi connectivity index (χ1) is 13.8. The van der Waals surface area contributed by atoms with Crippen molar-refractivity contribution in [2.45, 2.75) is 40.8 Å². The zero-order valence-electron chi connectivity index (χ0n) is 15.8. The van der Waals surface area contributed by atoms with Crippen molar-refractivity contribution in [1.82, 2.24) is 9.62 Å². The predicted octanol–water partition coefficient (Wildman–Crippen LogP) is 4.44. The molecule has 29 heavy (non-hydrogen) atoms. The Bertz CT molecular complexity index is 963. The minimum atomic E-state index is -3.55. The highest BCUT2D eigenvalue weighted by atomic mass is 35.5. The summed E-state index contributed by atoms with van der Waals surface area (Å²) >= 11 is 13.6. The molecule has 0 saturated carbocycles. The van der Waals surface area contributed by atoms with Crippen molar-refractivity contribution in [3.8, 4) is 0 Å². The number of hydrogen-bond acceptors (Lipinski definition) is 4. The minimum Gasteiger partial charge on any atom is -0.342 e. The van der Waals surface area contributed by atoms with Crippen molar-refractivity contribution in [3.63, 3.8) is 0 Å². The van der Waals surface area contributed by atoms with Crippen molar-refractivity contribution in [2.75, 3.05) is 13.1 Å². The molecule has 1 unspecified atom stereocenters. The second-order valence-electron chi connectivity index (χ2n) is 6.87. The third kappa shape index (κ3) is 5.89. The number of carbonyl (C=O) groups is 1. The first-order valence-corrected chi connectivity index (χ1v) is 12.4. The number of carbonyl (C=O) groups excluding carboxylic acids is 1. The van der Waals surface area contributed by atoms with Gasteiger partial charge in [-0.05, 0) is 50.1 Å². The Hall–Kier alpha value is -1.25. The largest absolute Gasteiger partial charge is 0.342 e. The van der Waals surface area contributed by atoms with Crippen LogP contribution >= 0.6 is 35.0 Å². The maximum absolute atomic E-state index is 12.8. The lowest BCUT2D eigenvalue weighted by atomic mass is 10.1. The molecule has 1 saturated heterocycles. The summed E-state index contributed by atoms with van der Waals surface area (Å²) < 4.78 is 27.7. The molecule has 1 heterocycles. The van der Waals surface area contributed by atoms with E-state index in [-0.39, 0.29) is 22.1 Å². The van der Waals surface area contributed by atoms with Gasteiger partial charge in [0.15, 0.2) is 0 Å². The van der Waals surface area contributed by atoms with Crippen LogP contribution in [0.3, 0.4) is 0 Å². The lowest BCUT2D eigenvalue weighted by molar-refractivity contribution is -0.131. The maximum Gasteiger partial charge on any atom is 0.240 e. The van der Waals surface area contributed by atoms with Gasteiger partial charge in [0.05, 0.1) is 15.2 Å². The summed E-state index contributed by atoms with van der Waals surface area (Å²) in [6.07, 6.45) is 1.15. The zero-order chi connectivity index (χ0) is 21.0. The fourth-order valence-corrected chi connectivity index (χ4v) is 5.99. The fourth-order valence-electron chi connectivity index (χ4n) is 3.17. The summed E-state index contributed by atoms with van der Waals surface area (Å²) in [4.78, 5) is 15.6. The molecule has 0 aromatic heterocycles. The molecule has 1 aliphatic rings. The van der Waals surface area contributed by atoms with E-state index in [2.05, 4.69) is 4.72 Å². The number of hydrogen-bond donors (Lipinski definition) is 1. The molecule has 1 amide bonds. The minimum absolute atomic E-state index is 0.00964. The highest BCUT2D eigenvalue weighted by molar-refractivity contribution is 8.00. The van der Waals surface area contributed by atoms with Gasteiger partial charge in [-0.15, -0.1) is 11.8 Å². The number of likely N-dealkylation sites (tertiary alicyclic amines) is 1. The Kier molecular flexibility index (Phi) is 7.51. The molecule has 5 nitrogen and oxygen atoms in total. The Labute approximate surface area is 185 Å². The molecular formula is C20H22Cl2N2O3S2. The van der Waals surface area contributed by atoms with Gasteiger partial charge in [0, 0.05) is 29.0 Å². The smallest absolute Gasteiger partial charge is 0.240 e. The van der Waals surface area contributed by atoms with E-state index in [1.54, 1.807) is 53.4 Å². The van der Waals surface area contributed by atoms with E-state index < -0.39 is 10.0 Å². The highest BCUT2D eigenvalue weighted by Gasteiger charge is 2.29. The van der Waals surface area contributed by atoms with Crippen LogP contribution in [0.4, 0.5) is 0 Å². The molecule has 0 aliphatic carbocycles. The van der Waals surface area contributed by atoms with Gasteiger partial charge in [0.2, 0.25) is 15.9 Å². The molecule has 2 aromatic rings. The van der Waals surface area contributed by atoms with Gasteiger partial charge in [0.1, 0.15) is 0 Å². The van der Waals surface area contributed by atoms with E-state index in [1.165, 1.54) is 11.8 Å². The molecule has 0 bridgehead atoms. The van der Waals surface area contributed by atoms with Crippen molar-refractivity contribution in [3.05, 3.63) is 58.6 Å². The summed E-state index contributed by atoms with van der Waals surface area (Å²) in [5.41, 5.74) is 0. The number of piperidine rings is 1. The number of nitrogens with zero attached hydrogens (tertiary/aromatic N) is 1. The lowest BCUT2D eigenvalue weighted by Gasteiger charge is -2.33. The maximum atomic E-state index is 12.8. The molecule has 3 rings (SSSR count). The molecule has 2 aromatic carbocycles. The average molecular weight is 473 g/mol. The van der Waals surface area contributed by atoms with Gasteiger partial charge >= 0.3 is 0 Å².